The van der Waals surface area contributed by atoms with Crippen LogP contribution >= 0.6 is 0 Å². The first-order chi connectivity index (χ1) is 15.8. The Hall–Kier alpha value is -3.37. The summed E-state index contributed by atoms with van der Waals surface area (Å²) in [5, 5.41) is 0. The van der Waals surface area contributed by atoms with Gasteiger partial charge in [-0.15, -0.1) is 0 Å². The summed E-state index contributed by atoms with van der Waals surface area (Å²) in [4.78, 5) is 13.6. The van der Waals surface area contributed by atoms with Crippen LogP contribution in [0.15, 0.2) is 78.9 Å². The van der Waals surface area contributed by atoms with Crippen molar-refractivity contribution in [2.45, 2.75) is 20.8 Å². The molecule has 0 atom stereocenters. The lowest BCUT2D eigenvalue weighted by molar-refractivity contribution is -0.131. The molecule has 0 bridgehead atoms. The smallest absolute Gasteiger partial charge is 0.308 e. The van der Waals surface area contributed by atoms with Gasteiger partial charge in [0.15, 0.2) is 0 Å². The van der Waals surface area contributed by atoms with Gasteiger partial charge in [0.1, 0.15) is 18.1 Å². The van der Waals surface area contributed by atoms with Gasteiger partial charge in [-0.3, -0.25) is 4.79 Å². The summed E-state index contributed by atoms with van der Waals surface area (Å²) in [5.74, 6) is 1.33. The third-order valence-electron chi connectivity index (χ3n) is 5.27. The van der Waals surface area contributed by atoms with Crippen LogP contribution in [-0.2, 0) is 4.79 Å². The lowest BCUT2D eigenvalue weighted by Gasteiger charge is -2.21. The standard InChI is InChI=1S/C29H33NO3/c1-21(2)28(23-10-7-6-8-11-23)29(25-12-9-13-27(20-25)33-22(3)31)24-14-16-26(17-15-24)32-19-18-30(4)5/h6-17,20-21H,18-19H2,1-5H3. The molecule has 33 heavy (non-hydrogen) atoms. The molecule has 0 spiro atoms. The van der Waals surface area contributed by atoms with Gasteiger partial charge in [0, 0.05) is 13.5 Å². The highest BCUT2D eigenvalue weighted by Crippen LogP contribution is 2.38. The van der Waals surface area contributed by atoms with E-state index in [4.69, 9.17) is 9.47 Å². The van der Waals surface area contributed by atoms with Crippen LogP contribution < -0.4 is 9.47 Å². The number of esters is 1. The molecule has 0 fully saturated rings. The predicted octanol–water partition coefficient (Wildman–Crippen LogP) is 6.17. The van der Waals surface area contributed by atoms with E-state index in [1.807, 2.05) is 50.5 Å². The minimum Gasteiger partial charge on any atom is -0.492 e. The van der Waals surface area contributed by atoms with Crippen LogP contribution in [0.3, 0.4) is 0 Å². The second-order valence-electron chi connectivity index (χ2n) is 8.61. The summed E-state index contributed by atoms with van der Waals surface area (Å²) in [6.45, 7) is 7.33. The van der Waals surface area contributed by atoms with E-state index in [2.05, 4.69) is 61.2 Å². The SMILES string of the molecule is CC(=O)Oc1cccc(C(=C(c2ccccc2)C(C)C)c2ccc(OCCN(C)C)cc2)c1. The largest absolute Gasteiger partial charge is 0.492 e. The molecule has 0 aromatic heterocycles. The van der Waals surface area contributed by atoms with Gasteiger partial charge in [-0.1, -0.05) is 68.4 Å². The normalized spacial score (nSPS) is 12.0. The summed E-state index contributed by atoms with van der Waals surface area (Å²) in [6, 6.07) is 26.4. The zero-order valence-electron chi connectivity index (χ0n) is 20.2. The minimum absolute atomic E-state index is 0.274. The Labute approximate surface area is 197 Å². The zero-order chi connectivity index (χ0) is 23.8. The number of likely N-dealkylation sites (N-methyl/N-ethyl adjacent to an activating group) is 1. The van der Waals surface area contributed by atoms with Crippen molar-refractivity contribution in [3.05, 3.63) is 95.6 Å². The Morgan fingerprint density at radius 3 is 2.09 bits per heavy atom. The summed E-state index contributed by atoms with van der Waals surface area (Å²) in [7, 11) is 4.06. The number of allylic oxidation sites excluding steroid dienone is 1. The molecule has 0 amide bonds. The van der Waals surface area contributed by atoms with Gasteiger partial charge in [0.25, 0.3) is 0 Å². The second kappa shape index (κ2) is 11.5. The van der Waals surface area contributed by atoms with E-state index in [1.54, 1.807) is 0 Å². The molecule has 0 aliphatic heterocycles. The number of hydrogen-bond acceptors (Lipinski definition) is 4. The summed E-state index contributed by atoms with van der Waals surface area (Å²) >= 11 is 0. The number of carbonyl (C=O) groups is 1. The Morgan fingerprint density at radius 1 is 0.818 bits per heavy atom. The molecular weight excluding hydrogens is 410 g/mol. The maximum Gasteiger partial charge on any atom is 0.308 e. The lowest BCUT2D eigenvalue weighted by atomic mass is 9.84. The van der Waals surface area contributed by atoms with Crippen LogP contribution in [0.4, 0.5) is 0 Å². The number of ether oxygens (including phenoxy) is 2. The Bertz CT molecular complexity index is 1080. The second-order valence-corrected chi connectivity index (χ2v) is 8.61. The van der Waals surface area contributed by atoms with Gasteiger partial charge < -0.3 is 14.4 Å². The summed E-state index contributed by atoms with van der Waals surface area (Å²) in [6.07, 6.45) is 0. The number of nitrogens with zero attached hydrogens (tertiary/aromatic N) is 1. The highest BCUT2D eigenvalue weighted by Gasteiger charge is 2.18. The Kier molecular flexibility index (Phi) is 8.45. The lowest BCUT2D eigenvalue weighted by Crippen LogP contribution is -2.19. The van der Waals surface area contributed by atoms with Gasteiger partial charge in [0.2, 0.25) is 0 Å². The van der Waals surface area contributed by atoms with Gasteiger partial charge in [0.05, 0.1) is 0 Å². The van der Waals surface area contributed by atoms with Gasteiger partial charge in [-0.25, -0.2) is 0 Å². The van der Waals surface area contributed by atoms with Crippen molar-refractivity contribution in [3.8, 4) is 11.5 Å². The van der Waals surface area contributed by atoms with E-state index in [9.17, 15) is 4.79 Å². The first kappa shape index (κ1) is 24.3. The van der Waals surface area contributed by atoms with E-state index >= 15 is 0 Å². The van der Waals surface area contributed by atoms with E-state index in [0.717, 1.165) is 29.0 Å². The van der Waals surface area contributed by atoms with Crippen molar-refractivity contribution < 1.29 is 14.3 Å². The van der Waals surface area contributed by atoms with Crippen molar-refractivity contribution in [2.24, 2.45) is 5.92 Å². The maximum atomic E-state index is 11.5. The molecule has 0 N–H and O–H groups in total. The van der Waals surface area contributed by atoms with Crippen LogP contribution in [0, 0.1) is 5.92 Å². The van der Waals surface area contributed by atoms with Crippen LogP contribution in [-0.4, -0.2) is 38.1 Å². The summed E-state index contributed by atoms with van der Waals surface area (Å²) < 4.78 is 11.3. The predicted molar refractivity (Wildman–Crippen MR) is 135 cm³/mol. The molecular formula is C29H33NO3. The quantitative estimate of drug-likeness (QED) is 0.225. The number of benzene rings is 3. The average molecular weight is 444 g/mol. The maximum absolute atomic E-state index is 11.5. The molecule has 3 rings (SSSR count). The van der Waals surface area contributed by atoms with Gasteiger partial charge in [-0.05, 0) is 72.1 Å². The highest BCUT2D eigenvalue weighted by molar-refractivity contribution is 5.99. The van der Waals surface area contributed by atoms with Crippen molar-refractivity contribution in [2.75, 3.05) is 27.2 Å². The van der Waals surface area contributed by atoms with Crippen LogP contribution in [0.2, 0.25) is 0 Å². The molecule has 0 saturated heterocycles. The third kappa shape index (κ3) is 6.80. The zero-order valence-corrected chi connectivity index (χ0v) is 20.2. The molecule has 0 aliphatic rings. The first-order valence-corrected chi connectivity index (χ1v) is 11.3. The van der Waals surface area contributed by atoms with Crippen molar-refractivity contribution in [1.29, 1.82) is 0 Å². The average Bonchev–Trinajstić information content (AvgIpc) is 2.78. The van der Waals surface area contributed by atoms with E-state index < -0.39 is 0 Å². The van der Waals surface area contributed by atoms with Crippen molar-refractivity contribution >= 4 is 17.1 Å². The number of hydrogen-bond donors (Lipinski definition) is 0. The molecule has 3 aromatic rings. The molecule has 3 aromatic carbocycles. The first-order valence-electron chi connectivity index (χ1n) is 11.3. The van der Waals surface area contributed by atoms with Crippen LogP contribution in [0.1, 0.15) is 37.5 Å². The molecule has 172 valence electrons. The monoisotopic (exact) mass is 443 g/mol. The molecule has 0 radical (unpaired) electrons. The van der Waals surface area contributed by atoms with E-state index in [-0.39, 0.29) is 11.9 Å². The third-order valence-corrected chi connectivity index (χ3v) is 5.27. The molecule has 4 nitrogen and oxygen atoms in total. The Morgan fingerprint density at radius 2 is 1.48 bits per heavy atom. The van der Waals surface area contributed by atoms with E-state index in [1.165, 1.54) is 18.1 Å². The molecule has 0 saturated carbocycles. The Balaban J connectivity index is 2.11. The van der Waals surface area contributed by atoms with Crippen molar-refractivity contribution in [1.82, 2.24) is 4.90 Å². The van der Waals surface area contributed by atoms with Gasteiger partial charge >= 0.3 is 5.97 Å². The molecule has 0 unspecified atom stereocenters. The van der Waals surface area contributed by atoms with E-state index in [0.29, 0.717) is 12.4 Å². The van der Waals surface area contributed by atoms with Crippen LogP contribution in [0.25, 0.3) is 11.1 Å². The van der Waals surface area contributed by atoms with Crippen molar-refractivity contribution in [3.63, 3.8) is 0 Å². The minimum atomic E-state index is -0.330. The van der Waals surface area contributed by atoms with Crippen LogP contribution in [0.5, 0.6) is 11.5 Å². The fraction of sp³-hybridized carbons (Fsp3) is 0.276. The molecule has 0 aliphatic carbocycles. The van der Waals surface area contributed by atoms with Gasteiger partial charge in [-0.2, -0.15) is 0 Å². The molecule has 4 heteroatoms. The summed E-state index contributed by atoms with van der Waals surface area (Å²) in [5.41, 5.74) is 5.61. The fourth-order valence-electron chi connectivity index (χ4n) is 3.81. The number of carbonyl (C=O) groups excluding carboxylic acids is 1. The molecule has 0 heterocycles. The highest BCUT2D eigenvalue weighted by atomic mass is 16.5. The topological polar surface area (TPSA) is 38.8 Å². The fourth-order valence-corrected chi connectivity index (χ4v) is 3.81. The number of rotatable bonds is 9.